The number of ether oxygens (including phenoxy) is 1. The quantitative estimate of drug-likeness (QED) is 0.591. The summed E-state index contributed by atoms with van der Waals surface area (Å²) in [6.07, 6.45) is 4.18. The molecule has 30 heavy (non-hydrogen) atoms. The molecular formula is C21H22N4O4S. The number of amides is 1. The molecule has 0 spiro atoms. The van der Waals surface area contributed by atoms with Gasteiger partial charge in [0.2, 0.25) is 10.0 Å². The van der Waals surface area contributed by atoms with Crippen molar-refractivity contribution in [2.24, 2.45) is 0 Å². The maximum atomic E-state index is 12.9. The molecule has 8 nitrogen and oxygen atoms in total. The zero-order valence-corrected chi connectivity index (χ0v) is 17.5. The summed E-state index contributed by atoms with van der Waals surface area (Å²) < 4.78 is 33.1. The van der Waals surface area contributed by atoms with Gasteiger partial charge < -0.3 is 10.1 Å². The zero-order valence-electron chi connectivity index (χ0n) is 16.6. The molecule has 3 rings (SSSR count). The molecule has 0 saturated heterocycles. The van der Waals surface area contributed by atoms with E-state index in [1.54, 1.807) is 26.0 Å². The fraction of sp³-hybridized carbons (Fsp3) is 0.190. The van der Waals surface area contributed by atoms with Crippen LogP contribution in [0.25, 0.3) is 0 Å². The average Bonchev–Trinajstić information content (AvgIpc) is 2.77. The second-order valence-corrected chi connectivity index (χ2v) is 8.15. The summed E-state index contributed by atoms with van der Waals surface area (Å²) in [6, 6.07) is 13.4. The molecule has 0 aliphatic rings. The van der Waals surface area contributed by atoms with Crippen LogP contribution in [0.15, 0.2) is 72.0 Å². The van der Waals surface area contributed by atoms with Crippen LogP contribution in [0.4, 0.5) is 5.69 Å². The van der Waals surface area contributed by atoms with Crippen LogP contribution in [0.2, 0.25) is 0 Å². The number of rotatable bonds is 8. The molecule has 0 atom stereocenters. The summed E-state index contributed by atoms with van der Waals surface area (Å²) in [5.41, 5.74) is 0.308. The van der Waals surface area contributed by atoms with Crippen molar-refractivity contribution in [3.63, 3.8) is 0 Å². The van der Waals surface area contributed by atoms with Gasteiger partial charge >= 0.3 is 0 Å². The fourth-order valence-corrected chi connectivity index (χ4v) is 4.27. The lowest BCUT2D eigenvalue weighted by Gasteiger charge is -2.20. The third-order valence-corrected chi connectivity index (χ3v) is 6.36. The maximum Gasteiger partial charge on any atom is 0.275 e. The Morgan fingerprint density at radius 2 is 1.80 bits per heavy atom. The summed E-state index contributed by atoms with van der Waals surface area (Å²) in [5.74, 6) is 0.321. The van der Waals surface area contributed by atoms with Gasteiger partial charge in [0.25, 0.3) is 5.91 Å². The topological polar surface area (TPSA) is 101 Å². The highest BCUT2D eigenvalue weighted by Gasteiger charge is 2.24. The SMILES string of the molecule is CCN(CC)S(=O)(=O)c1ccc(Oc2ccccc2)c(NC(=O)c2cnccn2)c1. The summed E-state index contributed by atoms with van der Waals surface area (Å²) >= 11 is 0. The summed E-state index contributed by atoms with van der Waals surface area (Å²) in [4.78, 5) is 20.5. The van der Waals surface area contributed by atoms with Crippen molar-refractivity contribution in [1.82, 2.24) is 14.3 Å². The Kier molecular flexibility index (Phi) is 6.76. The first-order valence-corrected chi connectivity index (χ1v) is 10.8. The molecule has 156 valence electrons. The van der Waals surface area contributed by atoms with E-state index in [0.29, 0.717) is 24.6 Å². The second-order valence-electron chi connectivity index (χ2n) is 6.21. The number of hydrogen-bond acceptors (Lipinski definition) is 6. The van der Waals surface area contributed by atoms with Crippen molar-refractivity contribution in [3.8, 4) is 11.5 Å². The third-order valence-electron chi connectivity index (χ3n) is 4.31. The molecule has 1 aromatic heterocycles. The number of carbonyl (C=O) groups is 1. The Morgan fingerprint density at radius 3 is 2.43 bits per heavy atom. The van der Waals surface area contributed by atoms with Crippen molar-refractivity contribution < 1.29 is 17.9 Å². The lowest BCUT2D eigenvalue weighted by Crippen LogP contribution is -2.30. The highest BCUT2D eigenvalue weighted by molar-refractivity contribution is 7.89. The average molecular weight is 426 g/mol. The van der Waals surface area contributed by atoms with Gasteiger partial charge in [-0.1, -0.05) is 32.0 Å². The van der Waals surface area contributed by atoms with Gasteiger partial charge in [-0.2, -0.15) is 4.31 Å². The predicted molar refractivity (Wildman–Crippen MR) is 113 cm³/mol. The predicted octanol–water partition coefficient (Wildman–Crippen LogP) is 3.55. The number of nitrogens with one attached hydrogen (secondary N) is 1. The van der Waals surface area contributed by atoms with Crippen LogP contribution < -0.4 is 10.1 Å². The highest BCUT2D eigenvalue weighted by Crippen LogP contribution is 2.33. The Morgan fingerprint density at radius 1 is 1.07 bits per heavy atom. The van der Waals surface area contributed by atoms with Crippen LogP contribution >= 0.6 is 0 Å². The van der Waals surface area contributed by atoms with Crippen molar-refractivity contribution in [3.05, 3.63) is 72.8 Å². The molecule has 2 aromatic carbocycles. The molecule has 0 bridgehead atoms. The number of nitrogens with zero attached hydrogens (tertiary/aromatic N) is 3. The van der Waals surface area contributed by atoms with Crippen LogP contribution in [0, 0.1) is 0 Å². The van der Waals surface area contributed by atoms with Gasteiger partial charge in [-0.25, -0.2) is 13.4 Å². The lowest BCUT2D eigenvalue weighted by molar-refractivity contribution is 0.102. The molecule has 1 N–H and O–H groups in total. The molecular weight excluding hydrogens is 404 g/mol. The third kappa shape index (κ3) is 4.81. The summed E-state index contributed by atoms with van der Waals surface area (Å²) in [6.45, 7) is 4.21. The molecule has 9 heteroatoms. The first-order valence-electron chi connectivity index (χ1n) is 9.40. The minimum atomic E-state index is -3.72. The van der Waals surface area contributed by atoms with Gasteiger partial charge in [-0.05, 0) is 30.3 Å². The highest BCUT2D eigenvalue weighted by atomic mass is 32.2. The molecule has 0 aliphatic heterocycles. The summed E-state index contributed by atoms with van der Waals surface area (Å²) in [5, 5.41) is 2.69. The first-order chi connectivity index (χ1) is 14.5. The van der Waals surface area contributed by atoms with Crippen molar-refractivity contribution in [1.29, 1.82) is 0 Å². The Hall–Kier alpha value is -3.30. The van der Waals surface area contributed by atoms with Gasteiger partial charge in [0.1, 0.15) is 11.4 Å². The van der Waals surface area contributed by atoms with E-state index in [0.717, 1.165) is 0 Å². The number of carbonyl (C=O) groups excluding carboxylic acids is 1. The second kappa shape index (κ2) is 9.47. The van der Waals surface area contributed by atoms with Crippen LogP contribution in [0.5, 0.6) is 11.5 Å². The van der Waals surface area contributed by atoms with Gasteiger partial charge in [-0.15, -0.1) is 0 Å². The van der Waals surface area contributed by atoms with Crippen LogP contribution in [0.1, 0.15) is 24.3 Å². The molecule has 0 unspecified atom stereocenters. The fourth-order valence-electron chi connectivity index (χ4n) is 2.79. The Bertz CT molecular complexity index is 1100. The van der Waals surface area contributed by atoms with Crippen LogP contribution in [0.3, 0.4) is 0 Å². The first kappa shape index (κ1) is 21.4. The van der Waals surface area contributed by atoms with E-state index in [-0.39, 0.29) is 16.3 Å². The largest absolute Gasteiger partial charge is 0.455 e. The molecule has 1 heterocycles. The standard InChI is InChI=1S/C21H22N4O4S/c1-3-25(4-2)30(27,28)17-10-11-20(29-16-8-6-5-7-9-16)18(14-17)24-21(26)19-15-22-12-13-23-19/h5-15H,3-4H2,1-2H3,(H,24,26). The van der Waals surface area contributed by atoms with E-state index in [2.05, 4.69) is 15.3 Å². The maximum absolute atomic E-state index is 12.9. The van der Waals surface area contributed by atoms with E-state index >= 15 is 0 Å². The molecule has 1 amide bonds. The van der Waals surface area contributed by atoms with E-state index in [4.69, 9.17) is 4.74 Å². The number of sulfonamides is 1. The summed E-state index contributed by atoms with van der Waals surface area (Å²) in [7, 11) is -3.72. The van der Waals surface area contributed by atoms with Crippen LogP contribution in [-0.4, -0.2) is 41.7 Å². The molecule has 0 fully saturated rings. The van der Waals surface area contributed by atoms with Gasteiger partial charge in [0, 0.05) is 25.5 Å². The normalized spacial score (nSPS) is 11.3. The number of benzene rings is 2. The monoisotopic (exact) mass is 426 g/mol. The zero-order chi connectivity index (χ0) is 21.6. The lowest BCUT2D eigenvalue weighted by atomic mass is 10.2. The van der Waals surface area contributed by atoms with E-state index in [1.807, 2.05) is 18.2 Å². The van der Waals surface area contributed by atoms with Crippen LogP contribution in [-0.2, 0) is 10.0 Å². The number of anilines is 1. The van der Waals surface area contributed by atoms with E-state index < -0.39 is 15.9 Å². The molecule has 0 aliphatic carbocycles. The minimum absolute atomic E-state index is 0.0565. The van der Waals surface area contributed by atoms with Crippen molar-refractivity contribution in [2.75, 3.05) is 18.4 Å². The van der Waals surface area contributed by atoms with Gasteiger partial charge in [0.15, 0.2) is 5.75 Å². The molecule has 0 saturated carbocycles. The molecule has 3 aromatic rings. The van der Waals surface area contributed by atoms with Crippen molar-refractivity contribution in [2.45, 2.75) is 18.7 Å². The van der Waals surface area contributed by atoms with Gasteiger partial charge in [0.05, 0.1) is 16.8 Å². The minimum Gasteiger partial charge on any atom is -0.455 e. The Labute approximate surface area is 175 Å². The molecule has 0 radical (unpaired) electrons. The number of para-hydroxylation sites is 1. The van der Waals surface area contributed by atoms with E-state index in [9.17, 15) is 13.2 Å². The smallest absolute Gasteiger partial charge is 0.275 e. The van der Waals surface area contributed by atoms with Crippen molar-refractivity contribution >= 4 is 21.6 Å². The number of hydrogen-bond donors (Lipinski definition) is 1. The number of aromatic nitrogens is 2. The van der Waals surface area contributed by atoms with E-state index in [1.165, 1.54) is 41.1 Å². The Balaban J connectivity index is 2.01. The van der Waals surface area contributed by atoms with Gasteiger partial charge in [-0.3, -0.25) is 9.78 Å².